The smallest absolute Gasteiger partial charge is 0.243 e. The third kappa shape index (κ3) is 3.54. The highest BCUT2D eigenvalue weighted by Crippen LogP contribution is 2.10. The predicted octanol–water partition coefficient (Wildman–Crippen LogP) is -1.31. The zero-order valence-electron chi connectivity index (χ0n) is 9.33. The van der Waals surface area contributed by atoms with E-state index in [9.17, 15) is 4.79 Å². The van der Waals surface area contributed by atoms with Gasteiger partial charge in [-0.1, -0.05) is 11.6 Å². The lowest BCUT2D eigenvalue weighted by Gasteiger charge is -2.02. The minimum absolute atomic E-state index is 0. The number of carbonyl (C=O) groups is 1. The van der Waals surface area contributed by atoms with E-state index >= 15 is 0 Å². The first-order valence-corrected chi connectivity index (χ1v) is 5.69. The molecule has 0 radical (unpaired) electrons. The number of rotatable bonds is 3. The number of halogens is 2. The molecule has 2 rings (SSSR count). The van der Waals surface area contributed by atoms with E-state index in [4.69, 9.17) is 17.3 Å². The maximum atomic E-state index is 11.9. The molecule has 92 valence electrons. The highest BCUT2D eigenvalue weighted by Gasteiger charge is 2.19. The number of benzene rings is 1. The van der Waals surface area contributed by atoms with E-state index < -0.39 is 0 Å². The predicted molar refractivity (Wildman–Crippen MR) is 64.2 cm³/mol. The van der Waals surface area contributed by atoms with Crippen molar-refractivity contribution in [2.45, 2.75) is 12.8 Å². The van der Waals surface area contributed by atoms with Crippen LogP contribution in [0, 0.1) is 0 Å². The largest absolute Gasteiger partial charge is 1.00 e. The third-order valence-corrected chi connectivity index (χ3v) is 3.02. The average molecular weight is 318 g/mol. The maximum absolute atomic E-state index is 11.9. The molecule has 1 aliphatic rings. The third-order valence-electron chi connectivity index (χ3n) is 2.77. The molecule has 1 aromatic rings. The van der Waals surface area contributed by atoms with Gasteiger partial charge in [0.15, 0.2) is 0 Å². The first-order valence-electron chi connectivity index (χ1n) is 5.32. The Hall–Kier alpha value is -0.870. The number of hydrogen-bond acceptors (Lipinski definition) is 2. The van der Waals surface area contributed by atoms with Crippen LogP contribution in [0.25, 0.3) is 0 Å². The topological polar surface area (TPSA) is 46.1 Å². The minimum atomic E-state index is 0. The van der Waals surface area contributed by atoms with Gasteiger partial charge in [0.1, 0.15) is 6.54 Å². The Morgan fingerprint density at radius 1 is 1.35 bits per heavy atom. The molecule has 3 nitrogen and oxygen atoms in total. The van der Waals surface area contributed by atoms with Crippen molar-refractivity contribution in [3.63, 3.8) is 0 Å². The molecule has 0 spiro atoms. The lowest BCUT2D eigenvalue weighted by Crippen LogP contribution is -3.00. The summed E-state index contributed by atoms with van der Waals surface area (Å²) >= 11 is 5.76. The SMILES string of the molecule is NC1=[N+](CC(=O)c2ccc(Cl)cc2)CCC1.[Br-]. The van der Waals surface area contributed by atoms with Crippen LogP contribution in [0.3, 0.4) is 0 Å². The van der Waals surface area contributed by atoms with E-state index in [0.717, 1.165) is 25.2 Å². The van der Waals surface area contributed by atoms with Gasteiger partial charge in [-0.3, -0.25) is 15.1 Å². The van der Waals surface area contributed by atoms with Gasteiger partial charge in [-0.05, 0) is 30.7 Å². The van der Waals surface area contributed by atoms with Crippen LogP contribution in [0.15, 0.2) is 24.3 Å². The van der Waals surface area contributed by atoms with E-state index in [2.05, 4.69) is 0 Å². The summed E-state index contributed by atoms with van der Waals surface area (Å²) in [7, 11) is 0. The Morgan fingerprint density at radius 3 is 2.53 bits per heavy atom. The standard InChI is InChI=1S/C12H13ClN2O.BrH/c13-10-5-3-9(4-6-10)11(16)8-15-7-1-2-12(15)14;/h3-6,14H,1-2,7-8H2;1H. The summed E-state index contributed by atoms with van der Waals surface area (Å²) in [6.45, 7) is 1.25. The lowest BCUT2D eigenvalue weighted by molar-refractivity contribution is -0.507. The van der Waals surface area contributed by atoms with Crippen molar-refractivity contribution in [3.8, 4) is 0 Å². The highest BCUT2D eigenvalue weighted by molar-refractivity contribution is 6.30. The van der Waals surface area contributed by atoms with Crippen molar-refractivity contribution in [2.24, 2.45) is 5.73 Å². The van der Waals surface area contributed by atoms with Gasteiger partial charge in [0.05, 0.1) is 13.0 Å². The minimum Gasteiger partial charge on any atom is -1.00 e. The van der Waals surface area contributed by atoms with E-state index in [1.54, 1.807) is 24.3 Å². The summed E-state index contributed by atoms with van der Waals surface area (Å²) in [6.07, 6.45) is 1.94. The molecule has 0 unspecified atom stereocenters. The summed E-state index contributed by atoms with van der Waals surface area (Å²) in [4.78, 5) is 11.9. The normalized spacial score (nSPS) is 14.6. The molecule has 0 saturated heterocycles. The molecule has 5 heteroatoms. The second-order valence-electron chi connectivity index (χ2n) is 3.95. The van der Waals surface area contributed by atoms with Gasteiger partial charge >= 0.3 is 0 Å². The van der Waals surface area contributed by atoms with Crippen LogP contribution < -0.4 is 22.7 Å². The van der Waals surface area contributed by atoms with Crippen molar-refractivity contribution in [1.29, 1.82) is 0 Å². The van der Waals surface area contributed by atoms with Crippen molar-refractivity contribution < 1.29 is 26.4 Å². The van der Waals surface area contributed by atoms with Crippen molar-refractivity contribution >= 4 is 23.2 Å². The molecule has 0 aromatic heterocycles. The Labute approximate surface area is 116 Å². The van der Waals surface area contributed by atoms with Crippen LogP contribution in [0.4, 0.5) is 0 Å². The molecular weight excluding hydrogens is 304 g/mol. The lowest BCUT2D eigenvalue weighted by atomic mass is 10.1. The average Bonchev–Trinajstić information content (AvgIpc) is 2.65. The molecule has 0 fully saturated rings. The van der Waals surface area contributed by atoms with Crippen molar-refractivity contribution in [3.05, 3.63) is 34.9 Å². The molecule has 0 bridgehead atoms. The van der Waals surface area contributed by atoms with Crippen LogP contribution in [0.5, 0.6) is 0 Å². The fraction of sp³-hybridized carbons (Fsp3) is 0.333. The van der Waals surface area contributed by atoms with Gasteiger partial charge in [-0.25, -0.2) is 0 Å². The van der Waals surface area contributed by atoms with Crippen molar-refractivity contribution in [1.82, 2.24) is 0 Å². The van der Waals surface area contributed by atoms with E-state index in [-0.39, 0.29) is 22.8 Å². The molecule has 0 amide bonds. The summed E-state index contributed by atoms with van der Waals surface area (Å²) < 4.78 is 1.94. The zero-order chi connectivity index (χ0) is 11.5. The highest BCUT2D eigenvalue weighted by atomic mass is 79.9. The van der Waals surface area contributed by atoms with E-state index in [1.165, 1.54) is 0 Å². The Bertz CT molecular complexity index is 442. The van der Waals surface area contributed by atoms with E-state index in [0.29, 0.717) is 17.1 Å². The summed E-state index contributed by atoms with van der Waals surface area (Å²) in [5.41, 5.74) is 6.48. The molecule has 1 aromatic carbocycles. The molecule has 0 atom stereocenters. The summed E-state index contributed by atoms with van der Waals surface area (Å²) in [6, 6.07) is 6.95. The monoisotopic (exact) mass is 316 g/mol. The molecule has 2 N–H and O–H groups in total. The van der Waals surface area contributed by atoms with Gasteiger partial charge in [-0.2, -0.15) is 0 Å². The quantitative estimate of drug-likeness (QED) is 0.556. The first kappa shape index (κ1) is 14.2. The van der Waals surface area contributed by atoms with Crippen LogP contribution in [0.2, 0.25) is 5.02 Å². The number of Topliss-reactive ketones (excluding diaryl/α,β-unsaturated/α-hetero) is 1. The molecule has 17 heavy (non-hydrogen) atoms. The van der Waals surface area contributed by atoms with Gasteiger partial charge in [-0.15, -0.1) is 0 Å². The summed E-state index contributed by atoms with van der Waals surface area (Å²) in [5, 5.41) is 0.642. The number of ketones is 1. The fourth-order valence-corrected chi connectivity index (χ4v) is 1.96. The van der Waals surface area contributed by atoms with E-state index in [1.807, 2.05) is 4.58 Å². The zero-order valence-corrected chi connectivity index (χ0v) is 11.7. The molecule has 0 saturated carbocycles. The van der Waals surface area contributed by atoms with Gasteiger partial charge in [0.2, 0.25) is 11.6 Å². The molecular formula is C12H14BrClN2O. The van der Waals surface area contributed by atoms with Gasteiger partial charge in [0.25, 0.3) is 0 Å². The number of amidine groups is 1. The second-order valence-corrected chi connectivity index (χ2v) is 4.38. The number of hydrogen-bond donors (Lipinski definition) is 1. The van der Waals surface area contributed by atoms with Crippen LogP contribution >= 0.6 is 11.6 Å². The Morgan fingerprint density at radius 2 is 2.00 bits per heavy atom. The Kier molecular flexibility index (Phi) is 5.15. The van der Waals surface area contributed by atoms with Gasteiger partial charge < -0.3 is 17.0 Å². The molecule has 1 aliphatic heterocycles. The molecule has 0 aliphatic carbocycles. The summed E-state index contributed by atoms with van der Waals surface area (Å²) in [5.74, 6) is 0.906. The Balaban J connectivity index is 0.00000144. The van der Waals surface area contributed by atoms with Crippen LogP contribution in [-0.2, 0) is 0 Å². The number of nitrogens with two attached hydrogens (primary N) is 1. The second kappa shape index (κ2) is 6.17. The molecule has 1 heterocycles. The van der Waals surface area contributed by atoms with Crippen LogP contribution in [0.1, 0.15) is 23.2 Å². The first-order chi connectivity index (χ1) is 7.66. The van der Waals surface area contributed by atoms with Gasteiger partial charge in [0, 0.05) is 10.6 Å². The fourth-order valence-electron chi connectivity index (χ4n) is 1.83. The number of carbonyl (C=O) groups excluding carboxylic acids is 1. The van der Waals surface area contributed by atoms with Crippen molar-refractivity contribution in [2.75, 3.05) is 13.1 Å². The number of nitrogens with zero attached hydrogens (tertiary/aromatic N) is 1. The van der Waals surface area contributed by atoms with Crippen LogP contribution in [-0.4, -0.2) is 29.3 Å². The maximum Gasteiger partial charge on any atom is 0.243 e.